The Morgan fingerprint density at radius 1 is 1.69 bits per heavy atom. The fraction of sp³-hybridized carbons (Fsp3) is 0.889. The molecule has 0 heterocycles. The van der Waals surface area contributed by atoms with Gasteiger partial charge in [-0.05, 0) is 12.3 Å². The minimum atomic E-state index is -2.52. The highest BCUT2D eigenvalue weighted by atomic mass is 127. The zero-order chi connectivity index (χ0) is 10.1. The van der Waals surface area contributed by atoms with E-state index in [0.29, 0.717) is 10.8 Å². The van der Waals surface area contributed by atoms with Crippen molar-refractivity contribution in [1.82, 2.24) is 0 Å². The van der Waals surface area contributed by atoms with Crippen LogP contribution in [0.15, 0.2) is 0 Å². The Labute approximate surface area is 90.4 Å². The van der Waals surface area contributed by atoms with E-state index in [-0.39, 0.29) is 30.5 Å². The Hall–Kier alpha value is 0.260. The molecule has 1 fully saturated rings. The first-order valence-corrected chi connectivity index (χ1v) is 5.95. The Morgan fingerprint density at radius 2 is 2.31 bits per heavy atom. The van der Waals surface area contributed by atoms with E-state index >= 15 is 0 Å². The first kappa shape index (κ1) is 11.3. The number of Topliss-reactive ketones (excluding diaryl/α,β-unsaturated/α-hetero) is 1. The number of hydrogen-bond acceptors (Lipinski definition) is 1. The van der Waals surface area contributed by atoms with E-state index in [1.54, 1.807) is 6.92 Å². The third-order valence-electron chi connectivity index (χ3n) is 2.79. The molecule has 0 amide bonds. The maximum atomic E-state index is 12.8. The van der Waals surface area contributed by atoms with Gasteiger partial charge in [0.2, 0.25) is 5.92 Å². The Morgan fingerprint density at radius 3 is 2.69 bits per heavy atom. The summed E-state index contributed by atoms with van der Waals surface area (Å²) in [5.41, 5.74) is 0. The molecule has 0 saturated heterocycles. The molecule has 1 saturated carbocycles. The molecule has 1 rings (SSSR count). The lowest BCUT2D eigenvalue weighted by Crippen LogP contribution is -2.21. The van der Waals surface area contributed by atoms with Gasteiger partial charge >= 0.3 is 0 Å². The maximum absolute atomic E-state index is 12.8. The summed E-state index contributed by atoms with van der Waals surface area (Å²) in [7, 11) is 0. The van der Waals surface area contributed by atoms with Crippen LogP contribution in [0.4, 0.5) is 8.78 Å². The second kappa shape index (κ2) is 4.19. The van der Waals surface area contributed by atoms with Gasteiger partial charge in [-0.1, -0.05) is 29.5 Å². The SMILES string of the molecule is C[C@@H](C(=O)CI)[C@@H]1CCC(F)(F)C1. The van der Waals surface area contributed by atoms with E-state index in [1.165, 1.54) is 0 Å². The molecule has 76 valence electrons. The van der Waals surface area contributed by atoms with Crippen LogP contribution in [-0.2, 0) is 4.79 Å². The number of alkyl halides is 3. The average molecular weight is 302 g/mol. The molecule has 1 aliphatic carbocycles. The van der Waals surface area contributed by atoms with E-state index in [0.717, 1.165) is 0 Å². The van der Waals surface area contributed by atoms with Crippen molar-refractivity contribution in [3.63, 3.8) is 0 Å². The summed E-state index contributed by atoms with van der Waals surface area (Å²) in [6, 6.07) is 0. The molecule has 0 bridgehead atoms. The van der Waals surface area contributed by atoms with E-state index < -0.39 is 5.92 Å². The van der Waals surface area contributed by atoms with Crippen molar-refractivity contribution in [1.29, 1.82) is 0 Å². The molecule has 1 nitrogen and oxygen atoms in total. The van der Waals surface area contributed by atoms with Crippen molar-refractivity contribution in [2.45, 2.75) is 32.1 Å². The number of hydrogen-bond donors (Lipinski definition) is 0. The fourth-order valence-electron chi connectivity index (χ4n) is 1.80. The minimum Gasteiger partial charge on any atom is -0.299 e. The monoisotopic (exact) mass is 302 g/mol. The van der Waals surface area contributed by atoms with Gasteiger partial charge in [0.1, 0.15) is 5.78 Å². The molecule has 1 aliphatic rings. The quantitative estimate of drug-likeness (QED) is 0.578. The molecular formula is C9H13F2IO. The standard InChI is InChI=1S/C9H13F2IO/c1-6(8(13)5-12)7-2-3-9(10,11)4-7/h6-7H,2-5H2,1H3/t6-,7-/m1/s1. The van der Waals surface area contributed by atoms with Gasteiger partial charge in [0.15, 0.2) is 0 Å². The first-order valence-electron chi connectivity index (χ1n) is 4.43. The molecule has 0 aromatic rings. The summed E-state index contributed by atoms with van der Waals surface area (Å²) in [5, 5.41) is 0. The number of rotatable bonds is 3. The number of carbonyl (C=O) groups excluding carboxylic acids is 1. The second-order valence-electron chi connectivity index (χ2n) is 3.75. The predicted octanol–water partition coefficient (Wildman–Crippen LogP) is 3.06. The molecule has 0 radical (unpaired) electrons. The van der Waals surface area contributed by atoms with E-state index in [2.05, 4.69) is 0 Å². The van der Waals surface area contributed by atoms with Gasteiger partial charge in [0, 0.05) is 18.8 Å². The Balaban J connectivity index is 2.51. The summed E-state index contributed by atoms with van der Waals surface area (Å²) in [6.07, 6.45) is 0.351. The molecule has 0 spiro atoms. The van der Waals surface area contributed by atoms with E-state index in [9.17, 15) is 13.6 Å². The molecule has 13 heavy (non-hydrogen) atoms. The predicted molar refractivity (Wildman–Crippen MR) is 55.3 cm³/mol. The summed E-state index contributed by atoms with van der Waals surface area (Å²) in [6.45, 7) is 1.77. The summed E-state index contributed by atoms with van der Waals surface area (Å²) in [5.74, 6) is -2.71. The molecule has 0 aromatic carbocycles. The Bertz CT molecular complexity index is 206. The second-order valence-corrected chi connectivity index (χ2v) is 4.51. The molecule has 0 aliphatic heterocycles. The van der Waals surface area contributed by atoms with Gasteiger partial charge in [0.25, 0.3) is 0 Å². The molecular weight excluding hydrogens is 289 g/mol. The maximum Gasteiger partial charge on any atom is 0.248 e. The topological polar surface area (TPSA) is 17.1 Å². The van der Waals surface area contributed by atoms with Crippen LogP contribution in [0.25, 0.3) is 0 Å². The van der Waals surface area contributed by atoms with Crippen LogP contribution < -0.4 is 0 Å². The zero-order valence-electron chi connectivity index (χ0n) is 7.53. The van der Waals surface area contributed by atoms with Crippen LogP contribution in [-0.4, -0.2) is 16.1 Å². The van der Waals surface area contributed by atoms with Crippen molar-refractivity contribution in [2.24, 2.45) is 11.8 Å². The number of ketones is 1. The molecule has 0 N–H and O–H groups in total. The molecule has 2 atom stereocenters. The van der Waals surface area contributed by atoms with Crippen LogP contribution >= 0.6 is 22.6 Å². The normalized spacial score (nSPS) is 28.8. The van der Waals surface area contributed by atoms with Crippen molar-refractivity contribution in [3.05, 3.63) is 0 Å². The van der Waals surface area contributed by atoms with Gasteiger partial charge < -0.3 is 0 Å². The van der Waals surface area contributed by atoms with Crippen molar-refractivity contribution < 1.29 is 13.6 Å². The molecule has 4 heteroatoms. The minimum absolute atomic E-state index is 0.0451. The van der Waals surface area contributed by atoms with Gasteiger partial charge in [-0.2, -0.15) is 0 Å². The summed E-state index contributed by atoms with van der Waals surface area (Å²) in [4.78, 5) is 11.3. The lowest BCUT2D eigenvalue weighted by molar-refractivity contribution is -0.121. The van der Waals surface area contributed by atoms with E-state index in [4.69, 9.17) is 0 Å². The van der Waals surface area contributed by atoms with Crippen LogP contribution in [0.5, 0.6) is 0 Å². The highest BCUT2D eigenvalue weighted by molar-refractivity contribution is 14.1. The lowest BCUT2D eigenvalue weighted by Gasteiger charge is -2.16. The van der Waals surface area contributed by atoms with Crippen LogP contribution in [0.2, 0.25) is 0 Å². The zero-order valence-corrected chi connectivity index (χ0v) is 9.68. The largest absolute Gasteiger partial charge is 0.299 e. The van der Waals surface area contributed by atoms with Crippen molar-refractivity contribution >= 4 is 28.4 Å². The highest BCUT2D eigenvalue weighted by Crippen LogP contribution is 2.42. The van der Waals surface area contributed by atoms with Crippen molar-refractivity contribution in [2.75, 3.05) is 4.43 Å². The molecule has 0 aromatic heterocycles. The van der Waals surface area contributed by atoms with Gasteiger partial charge in [-0.15, -0.1) is 0 Å². The van der Waals surface area contributed by atoms with Crippen LogP contribution in [0, 0.1) is 11.8 Å². The smallest absolute Gasteiger partial charge is 0.248 e. The van der Waals surface area contributed by atoms with E-state index in [1.807, 2.05) is 22.6 Å². The lowest BCUT2D eigenvalue weighted by atomic mass is 9.89. The summed E-state index contributed by atoms with van der Waals surface area (Å²) >= 11 is 1.99. The molecule has 0 unspecified atom stereocenters. The Kier molecular flexibility index (Phi) is 3.65. The van der Waals surface area contributed by atoms with Crippen LogP contribution in [0.1, 0.15) is 26.2 Å². The van der Waals surface area contributed by atoms with Crippen molar-refractivity contribution in [3.8, 4) is 0 Å². The van der Waals surface area contributed by atoms with Crippen LogP contribution in [0.3, 0.4) is 0 Å². The third kappa shape index (κ3) is 2.86. The average Bonchev–Trinajstić information content (AvgIpc) is 2.43. The van der Waals surface area contributed by atoms with Gasteiger partial charge in [-0.3, -0.25) is 4.79 Å². The first-order chi connectivity index (χ1) is 5.96. The highest BCUT2D eigenvalue weighted by Gasteiger charge is 2.42. The summed E-state index contributed by atoms with van der Waals surface area (Å²) < 4.78 is 26.0. The number of carbonyl (C=O) groups is 1. The van der Waals surface area contributed by atoms with Gasteiger partial charge in [-0.25, -0.2) is 8.78 Å². The van der Waals surface area contributed by atoms with Gasteiger partial charge in [0.05, 0.1) is 4.43 Å². The fourth-order valence-corrected chi connectivity index (χ4v) is 2.49. The third-order valence-corrected chi connectivity index (χ3v) is 3.54. The number of halogens is 3.